The van der Waals surface area contributed by atoms with E-state index < -0.39 is 5.54 Å². The largest absolute Gasteiger partial charge is 0.369 e. The maximum atomic E-state index is 13.3. The number of nitrogens with zero attached hydrogens (tertiary/aromatic N) is 3. The van der Waals surface area contributed by atoms with Crippen LogP contribution in [-0.4, -0.2) is 40.6 Å². The number of fused-ring (bicyclic) bond motifs is 1. The normalized spacial score (nSPS) is 17.5. The predicted molar refractivity (Wildman–Crippen MR) is 113 cm³/mol. The molecule has 2 aliphatic heterocycles. The summed E-state index contributed by atoms with van der Waals surface area (Å²) in [5, 5.41) is 6.92. The molecule has 0 radical (unpaired) electrons. The van der Waals surface area contributed by atoms with Crippen LogP contribution in [0.2, 0.25) is 0 Å². The number of para-hydroxylation sites is 2. The first-order valence-corrected chi connectivity index (χ1v) is 9.07. The van der Waals surface area contributed by atoms with Crippen LogP contribution in [0.25, 0.3) is 0 Å². The van der Waals surface area contributed by atoms with Crippen LogP contribution in [0, 0.1) is 6.92 Å². The van der Waals surface area contributed by atoms with Crippen molar-refractivity contribution in [3.8, 4) is 0 Å². The number of rotatable bonds is 4. The molecule has 1 aromatic carbocycles. The third-order valence-corrected chi connectivity index (χ3v) is 5.38. The van der Waals surface area contributed by atoms with Crippen molar-refractivity contribution in [2.75, 3.05) is 29.9 Å². The summed E-state index contributed by atoms with van der Waals surface area (Å²) in [5.74, 6) is 1.23. The lowest BCUT2D eigenvalue weighted by Crippen LogP contribution is -2.61. The van der Waals surface area contributed by atoms with Gasteiger partial charge in [-0.3, -0.25) is 4.79 Å². The molecular weight excluding hydrogens is 385 g/mol. The highest BCUT2D eigenvalue weighted by Gasteiger charge is 2.46. The fraction of sp³-hybridized carbons (Fsp3) is 0.474. The van der Waals surface area contributed by atoms with Gasteiger partial charge in [0, 0.05) is 25.5 Å². The highest BCUT2D eigenvalue weighted by molar-refractivity contribution is 6.08. The van der Waals surface area contributed by atoms with Gasteiger partial charge in [-0.25, -0.2) is 4.98 Å². The van der Waals surface area contributed by atoms with Gasteiger partial charge in [-0.2, -0.15) is 0 Å². The molecule has 8 heteroatoms. The molecule has 1 spiro atoms. The average Bonchev–Trinajstić information content (AvgIpc) is 3.04. The molecule has 4 rings (SSSR count). The summed E-state index contributed by atoms with van der Waals surface area (Å²) in [6.45, 7) is 5.37. The van der Waals surface area contributed by atoms with Crippen LogP contribution in [0.4, 0.5) is 11.4 Å². The first kappa shape index (κ1) is 21.5. The van der Waals surface area contributed by atoms with Gasteiger partial charge in [-0.05, 0) is 51.4 Å². The number of anilines is 2. The number of benzene rings is 1. The third-order valence-electron chi connectivity index (χ3n) is 5.38. The van der Waals surface area contributed by atoms with E-state index >= 15 is 0 Å². The summed E-state index contributed by atoms with van der Waals surface area (Å²) in [4.78, 5) is 19.6. The number of imidazole rings is 1. The molecule has 2 N–H and O–H groups in total. The van der Waals surface area contributed by atoms with Gasteiger partial charge in [0.15, 0.2) is 0 Å². The monoisotopic (exact) mass is 411 g/mol. The van der Waals surface area contributed by atoms with E-state index in [0.29, 0.717) is 0 Å². The van der Waals surface area contributed by atoms with E-state index in [9.17, 15) is 4.79 Å². The molecule has 1 fully saturated rings. The summed E-state index contributed by atoms with van der Waals surface area (Å²) >= 11 is 0. The zero-order valence-corrected chi connectivity index (χ0v) is 17.1. The smallest absolute Gasteiger partial charge is 0.252 e. The van der Waals surface area contributed by atoms with Crippen LogP contribution in [0.15, 0.2) is 36.7 Å². The number of hydrogen-bond acceptors (Lipinski definition) is 4. The second kappa shape index (κ2) is 8.95. The van der Waals surface area contributed by atoms with Crippen LogP contribution in [0.3, 0.4) is 0 Å². The van der Waals surface area contributed by atoms with E-state index in [1.54, 1.807) is 0 Å². The number of carbonyl (C=O) groups is 1. The molecule has 1 amide bonds. The van der Waals surface area contributed by atoms with Crippen molar-refractivity contribution >= 4 is 42.1 Å². The Bertz CT molecular complexity index is 773. The van der Waals surface area contributed by atoms with Gasteiger partial charge in [0.1, 0.15) is 11.4 Å². The Morgan fingerprint density at radius 2 is 1.89 bits per heavy atom. The molecule has 6 nitrogen and oxygen atoms in total. The fourth-order valence-corrected chi connectivity index (χ4v) is 3.95. The van der Waals surface area contributed by atoms with E-state index in [2.05, 4.69) is 26.3 Å². The molecule has 1 aromatic heterocycles. The van der Waals surface area contributed by atoms with E-state index in [4.69, 9.17) is 0 Å². The minimum atomic E-state index is -0.454. The van der Waals surface area contributed by atoms with E-state index in [1.807, 2.05) is 42.4 Å². The predicted octanol–water partition coefficient (Wildman–Crippen LogP) is 3.01. The molecule has 2 aromatic rings. The molecule has 0 bridgehead atoms. The standard InChI is InChI=1S/C19H25N5O.2ClH/c1-15-21-11-14-23(15)12-4-13-24-17-6-3-2-5-16(17)22-19(18(24)25)7-9-20-10-8-19;;/h2-3,5-6,11,14,20,22H,4,7-10,12-13H2,1H3;2*1H. The fourth-order valence-electron chi connectivity index (χ4n) is 3.95. The van der Waals surface area contributed by atoms with Gasteiger partial charge in [-0.1, -0.05) is 12.1 Å². The SMILES string of the molecule is Cc1nccn1CCCN1C(=O)C2(CCNCC2)Nc2ccccc21.Cl.Cl. The molecule has 2 aliphatic rings. The first-order valence-electron chi connectivity index (χ1n) is 9.07. The first-order chi connectivity index (χ1) is 12.2. The Morgan fingerprint density at radius 3 is 2.59 bits per heavy atom. The van der Waals surface area contributed by atoms with Crippen molar-refractivity contribution in [3.05, 3.63) is 42.5 Å². The van der Waals surface area contributed by atoms with Crippen LogP contribution in [0.1, 0.15) is 25.1 Å². The molecular formula is C19H27Cl2N5O. The summed E-state index contributed by atoms with van der Waals surface area (Å²) in [5.41, 5.74) is 1.62. The molecule has 0 saturated carbocycles. The second-order valence-electron chi connectivity index (χ2n) is 6.95. The van der Waals surface area contributed by atoms with Crippen LogP contribution in [0.5, 0.6) is 0 Å². The number of aryl methyl sites for hydroxylation is 2. The van der Waals surface area contributed by atoms with Gasteiger partial charge in [0.2, 0.25) is 0 Å². The minimum Gasteiger partial charge on any atom is -0.369 e. The van der Waals surface area contributed by atoms with Gasteiger partial charge >= 0.3 is 0 Å². The lowest BCUT2D eigenvalue weighted by atomic mass is 9.84. The topological polar surface area (TPSA) is 62.2 Å². The van der Waals surface area contributed by atoms with E-state index in [1.165, 1.54) is 0 Å². The van der Waals surface area contributed by atoms with E-state index in [0.717, 1.165) is 62.6 Å². The maximum absolute atomic E-state index is 13.3. The van der Waals surface area contributed by atoms with Crippen molar-refractivity contribution in [2.45, 2.75) is 38.3 Å². The van der Waals surface area contributed by atoms with Gasteiger partial charge in [-0.15, -0.1) is 24.8 Å². The summed E-state index contributed by atoms with van der Waals surface area (Å²) in [6.07, 6.45) is 6.39. The zero-order valence-electron chi connectivity index (χ0n) is 15.5. The summed E-state index contributed by atoms with van der Waals surface area (Å²) < 4.78 is 2.14. The summed E-state index contributed by atoms with van der Waals surface area (Å²) in [7, 11) is 0. The number of nitrogens with one attached hydrogen (secondary N) is 2. The van der Waals surface area contributed by atoms with Crippen LogP contribution < -0.4 is 15.5 Å². The van der Waals surface area contributed by atoms with Gasteiger partial charge in [0.25, 0.3) is 5.91 Å². The third kappa shape index (κ3) is 4.08. The Balaban J connectivity index is 0.00000131. The van der Waals surface area contributed by atoms with Gasteiger partial charge in [0.05, 0.1) is 11.4 Å². The average molecular weight is 412 g/mol. The Morgan fingerprint density at radius 1 is 1.15 bits per heavy atom. The van der Waals surface area contributed by atoms with Crippen molar-refractivity contribution in [3.63, 3.8) is 0 Å². The Hall–Kier alpha value is -1.76. The molecule has 0 aliphatic carbocycles. The van der Waals surface area contributed by atoms with Gasteiger partial charge < -0.3 is 20.1 Å². The molecule has 27 heavy (non-hydrogen) atoms. The van der Waals surface area contributed by atoms with Crippen molar-refractivity contribution in [1.82, 2.24) is 14.9 Å². The number of hydrogen-bond donors (Lipinski definition) is 2. The number of halogens is 2. The van der Waals surface area contributed by atoms with Crippen LogP contribution >= 0.6 is 24.8 Å². The molecule has 3 heterocycles. The number of piperidine rings is 1. The Kier molecular flexibility index (Phi) is 7.14. The van der Waals surface area contributed by atoms with Crippen molar-refractivity contribution in [1.29, 1.82) is 0 Å². The quantitative estimate of drug-likeness (QED) is 0.811. The van der Waals surface area contributed by atoms with Crippen LogP contribution in [-0.2, 0) is 11.3 Å². The lowest BCUT2D eigenvalue weighted by Gasteiger charge is -2.46. The summed E-state index contributed by atoms with van der Waals surface area (Å²) in [6, 6.07) is 8.15. The molecule has 148 valence electrons. The highest BCUT2D eigenvalue weighted by Crippen LogP contribution is 2.38. The molecule has 0 unspecified atom stereocenters. The second-order valence-corrected chi connectivity index (χ2v) is 6.95. The molecule has 0 atom stereocenters. The minimum absolute atomic E-state index is 0. The van der Waals surface area contributed by atoms with E-state index in [-0.39, 0.29) is 30.7 Å². The highest BCUT2D eigenvalue weighted by atomic mass is 35.5. The Labute approximate surface area is 172 Å². The number of amides is 1. The van der Waals surface area contributed by atoms with Crippen molar-refractivity contribution < 1.29 is 4.79 Å². The zero-order chi connectivity index (χ0) is 17.3. The number of aromatic nitrogens is 2. The van der Waals surface area contributed by atoms with Crippen molar-refractivity contribution in [2.24, 2.45) is 0 Å². The maximum Gasteiger partial charge on any atom is 0.252 e. The molecule has 1 saturated heterocycles. The number of carbonyl (C=O) groups excluding carboxylic acids is 1. The lowest BCUT2D eigenvalue weighted by molar-refractivity contribution is -0.124.